The third kappa shape index (κ3) is 6.64. The smallest absolute Gasteiger partial charge is 0.242 e. The topological polar surface area (TPSA) is 43.9 Å². The van der Waals surface area contributed by atoms with E-state index in [1.165, 1.54) is 12.5 Å². The van der Waals surface area contributed by atoms with Crippen molar-refractivity contribution in [1.82, 2.24) is 14.7 Å². The molecule has 0 atom stereocenters. The molecule has 1 saturated heterocycles. The molecule has 0 aromatic heterocycles. The summed E-state index contributed by atoms with van der Waals surface area (Å²) in [7, 11) is 0. The maximum Gasteiger partial charge on any atom is 0.242 e. The Labute approximate surface area is 157 Å². The minimum atomic E-state index is -0.0308. The fourth-order valence-electron chi connectivity index (χ4n) is 3.09. The zero-order valence-corrected chi connectivity index (χ0v) is 16.2. The molecule has 0 saturated carbocycles. The molecule has 0 unspecified atom stereocenters. The number of piperazine rings is 1. The Balaban J connectivity index is 1.75. The fraction of sp³-hybridized carbons (Fsp3) is 0.524. The van der Waals surface area contributed by atoms with Crippen LogP contribution in [0.2, 0.25) is 0 Å². The van der Waals surface area contributed by atoms with Crippen molar-refractivity contribution in [2.24, 2.45) is 5.92 Å². The number of amides is 2. The normalized spacial score (nSPS) is 15.6. The van der Waals surface area contributed by atoms with Gasteiger partial charge in [-0.2, -0.15) is 0 Å². The maximum atomic E-state index is 12.5. The Hall–Kier alpha value is -2.14. The van der Waals surface area contributed by atoms with Gasteiger partial charge in [0.15, 0.2) is 0 Å². The van der Waals surface area contributed by atoms with E-state index in [0.717, 1.165) is 32.7 Å². The third-order valence-corrected chi connectivity index (χ3v) is 4.56. The highest BCUT2D eigenvalue weighted by Crippen LogP contribution is 2.07. The SMILES string of the molecule is CC(=O)N(CC(=O)N1CCN(C/C=C/c2ccccc2)CC1)CC(C)C. The van der Waals surface area contributed by atoms with Crippen molar-refractivity contribution in [2.75, 3.05) is 45.8 Å². The molecule has 0 spiro atoms. The monoisotopic (exact) mass is 357 g/mol. The van der Waals surface area contributed by atoms with Crippen molar-refractivity contribution >= 4 is 17.9 Å². The molecule has 26 heavy (non-hydrogen) atoms. The van der Waals surface area contributed by atoms with E-state index >= 15 is 0 Å². The molecule has 2 rings (SSSR count). The van der Waals surface area contributed by atoms with Crippen LogP contribution in [-0.2, 0) is 9.59 Å². The van der Waals surface area contributed by atoms with Crippen molar-refractivity contribution in [3.8, 4) is 0 Å². The summed E-state index contributed by atoms with van der Waals surface area (Å²) >= 11 is 0. The van der Waals surface area contributed by atoms with Crippen LogP contribution in [0.5, 0.6) is 0 Å². The van der Waals surface area contributed by atoms with Gasteiger partial charge in [0.2, 0.25) is 11.8 Å². The molecule has 0 N–H and O–H groups in total. The Morgan fingerprint density at radius 1 is 1.12 bits per heavy atom. The number of carbonyl (C=O) groups is 2. The third-order valence-electron chi connectivity index (χ3n) is 4.56. The van der Waals surface area contributed by atoms with E-state index in [0.29, 0.717) is 12.5 Å². The predicted molar refractivity (Wildman–Crippen MR) is 106 cm³/mol. The van der Waals surface area contributed by atoms with Crippen molar-refractivity contribution in [1.29, 1.82) is 0 Å². The number of hydrogen-bond donors (Lipinski definition) is 0. The molecule has 0 radical (unpaired) electrons. The predicted octanol–water partition coefficient (Wildman–Crippen LogP) is 2.35. The van der Waals surface area contributed by atoms with Gasteiger partial charge >= 0.3 is 0 Å². The average Bonchev–Trinajstić information content (AvgIpc) is 2.62. The maximum absolute atomic E-state index is 12.5. The minimum absolute atomic E-state index is 0.0308. The van der Waals surface area contributed by atoms with Gasteiger partial charge in [-0.1, -0.05) is 56.3 Å². The van der Waals surface area contributed by atoms with Crippen molar-refractivity contribution in [3.63, 3.8) is 0 Å². The molecule has 5 nitrogen and oxygen atoms in total. The second-order valence-corrected chi connectivity index (χ2v) is 7.29. The van der Waals surface area contributed by atoms with E-state index in [9.17, 15) is 9.59 Å². The minimum Gasteiger partial charge on any atom is -0.339 e. The number of benzene rings is 1. The molecule has 142 valence electrons. The largest absolute Gasteiger partial charge is 0.339 e. The summed E-state index contributed by atoms with van der Waals surface area (Å²) in [6.07, 6.45) is 4.31. The van der Waals surface area contributed by atoms with Crippen molar-refractivity contribution in [3.05, 3.63) is 42.0 Å². The van der Waals surface area contributed by atoms with Crippen LogP contribution in [0.25, 0.3) is 6.08 Å². The Kier molecular flexibility index (Phi) is 7.85. The van der Waals surface area contributed by atoms with Gasteiger partial charge in [-0.3, -0.25) is 14.5 Å². The van der Waals surface area contributed by atoms with E-state index in [4.69, 9.17) is 0 Å². The average molecular weight is 357 g/mol. The van der Waals surface area contributed by atoms with Crippen LogP contribution in [0.15, 0.2) is 36.4 Å². The summed E-state index contributed by atoms with van der Waals surface area (Å²) in [6.45, 7) is 10.6. The molecule has 1 aromatic carbocycles. The van der Waals surface area contributed by atoms with Crippen LogP contribution in [0.1, 0.15) is 26.3 Å². The van der Waals surface area contributed by atoms with Gasteiger partial charge < -0.3 is 9.80 Å². The van der Waals surface area contributed by atoms with Gasteiger partial charge in [-0.15, -0.1) is 0 Å². The lowest BCUT2D eigenvalue weighted by Crippen LogP contribution is -2.51. The van der Waals surface area contributed by atoms with Gasteiger partial charge in [0, 0.05) is 46.2 Å². The Morgan fingerprint density at radius 2 is 1.77 bits per heavy atom. The van der Waals surface area contributed by atoms with Gasteiger partial charge in [0.1, 0.15) is 0 Å². The Bertz CT molecular complexity index is 605. The highest BCUT2D eigenvalue weighted by Gasteiger charge is 2.23. The zero-order chi connectivity index (χ0) is 18.9. The number of rotatable bonds is 7. The lowest BCUT2D eigenvalue weighted by Gasteiger charge is -2.35. The molecule has 0 bridgehead atoms. The molecule has 2 amide bonds. The van der Waals surface area contributed by atoms with Gasteiger partial charge in [0.25, 0.3) is 0 Å². The lowest BCUT2D eigenvalue weighted by molar-refractivity contribution is -0.140. The fourth-order valence-corrected chi connectivity index (χ4v) is 3.09. The summed E-state index contributed by atoms with van der Waals surface area (Å²) in [5, 5.41) is 0. The number of nitrogens with zero attached hydrogens (tertiary/aromatic N) is 3. The number of hydrogen-bond acceptors (Lipinski definition) is 3. The standard InChI is InChI=1S/C21H31N3O2/c1-18(2)16-24(19(3)25)17-21(26)23-14-12-22(13-15-23)11-7-10-20-8-5-4-6-9-20/h4-10,18H,11-17H2,1-3H3/b10-7+. The first kappa shape index (κ1) is 20.2. The molecule has 1 aliphatic rings. The van der Waals surface area contributed by atoms with Crippen LogP contribution < -0.4 is 0 Å². The first-order valence-corrected chi connectivity index (χ1v) is 9.43. The second kappa shape index (κ2) is 10.1. The summed E-state index contributed by atoms with van der Waals surface area (Å²) in [4.78, 5) is 30.1. The van der Waals surface area contributed by atoms with E-state index in [2.05, 4.69) is 43.0 Å². The van der Waals surface area contributed by atoms with Crippen LogP contribution in [-0.4, -0.2) is 72.3 Å². The van der Waals surface area contributed by atoms with Crippen molar-refractivity contribution in [2.45, 2.75) is 20.8 Å². The van der Waals surface area contributed by atoms with Crippen LogP contribution in [0.4, 0.5) is 0 Å². The van der Waals surface area contributed by atoms with Crippen LogP contribution >= 0.6 is 0 Å². The highest BCUT2D eigenvalue weighted by atomic mass is 16.2. The molecular weight excluding hydrogens is 326 g/mol. The van der Waals surface area contributed by atoms with Gasteiger partial charge in [0.05, 0.1) is 6.54 Å². The van der Waals surface area contributed by atoms with E-state index in [1.54, 1.807) is 4.90 Å². The van der Waals surface area contributed by atoms with Crippen LogP contribution in [0, 0.1) is 5.92 Å². The lowest BCUT2D eigenvalue weighted by atomic mass is 10.2. The summed E-state index contributed by atoms with van der Waals surface area (Å²) in [5.74, 6) is 0.386. The molecule has 5 heteroatoms. The van der Waals surface area contributed by atoms with E-state index < -0.39 is 0 Å². The first-order valence-electron chi connectivity index (χ1n) is 9.43. The Morgan fingerprint density at radius 3 is 2.35 bits per heavy atom. The first-order chi connectivity index (χ1) is 12.5. The van der Waals surface area contributed by atoms with Crippen molar-refractivity contribution < 1.29 is 9.59 Å². The molecule has 1 aliphatic heterocycles. The summed E-state index contributed by atoms with van der Waals surface area (Å²) < 4.78 is 0. The van der Waals surface area contributed by atoms with E-state index in [1.807, 2.05) is 23.1 Å². The van der Waals surface area contributed by atoms with Gasteiger partial charge in [-0.05, 0) is 11.5 Å². The second-order valence-electron chi connectivity index (χ2n) is 7.29. The molecule has 1 heterocycles. The quantitative estimate of drug-likeness (QED) is 0.752. The van der Waals surface area contributed by atoms with E-state index in [-0.39, 0.29) is 18.4 Å². The summed E-state index contributed by atoms with van der Waals surface area (Å²) in [5.41, 5.74) is 1.20. The number of carbonyl (C=O) groups excluding carboxylic acids is 2. The summed E-state index contributed by atoms with van der Waals surface area (Å²) in [6, 6.07) is 10.3. The highest BCUT2D eigenvalue weighted by molar-refractivity contribution is 5.83. The van der Waals surface area contributed by atoms with Crippen LogP contribution in [0.3, 0.4) is 0 Å². The molecule has 1 fully saturated rings. The zero-order valence-electron chi connectivity index (χ0n) is 16.2. The van der Waals surface area contributed by atoms with Gasteiger partial charge in [-0.25, -0.2) is 0 Å². The molecule has 0 aliphatic carbocycles. The molecule has 1 aromatic rings. The molecular formula is C21H31N3O2.